The van der Waals surface area contributed by atoms with E-state index in [-0.39, 0.29) is 11.6 Å². The maximum absolute atomic E-state index is 12.4. The second-order valence-corrected chi connectivity index (χ2v) is 6.79. The SMILES string of the molecule is CCCN1CCN(S(=O)(=O)c2ccc(CO)cn2)CC1. The average molecular weight is 299 g/mol. The van der Waals surface area contributed by atoms with Gasteiger partial charge in [-0.3, -0.25) is 0 Å². The summed E-state index contributed by atoms with van der Waals surface area (Å²) in [5.41, 5.74) is 0.608. The molecule has 1 aliphatic rings. The Morgan fingerprint density at radius 1 is 1.25 bits per heavy atom. The lowest BCUT2D eigenvalue weighted by atomic mass is 10.3. The average Bonchev–Trinajstić information content (AvgIpc) is 2.48. The largest absolute Gasteiger partial charge is 0.392 e. The van der Waals surface area contributed by atoms with Crippen LogP contribution in [0.1, 0.15) is 18.9 Å². The molecular formula is C13H21N3O3S. The monoisotopic (exact) mass is 299 g/mol. The number of aliphatic hydroxyl groups excluding tert-OH is 1. The third-order valence-electron chi connectivity index (χ3n) is 3.46. The smallest absolute Gasteiger partial charge is 0.260 e. The molecular weight excluding hydrogens is 278 g/mol. The summed E-state index contributed by atoms with van der Waals surface area (Å²) in [5, 5.41) is 9.01. The summed E-state index contributed by atoms with van der Waals surface area (Å²) >= 11 is 0. The molecule has 2 heterocycles. The van der Waals surface area contributed by atoms with E-state index in [2.05, 4.69) is 16.8 Å². The number of piperazine rings is 1. The lowest BCUT2D eigenvalue weighted by Crippen LogP contribution is -2.48. The van der Waals surface area contributed by atoms with Crippen LogP contribution in [0.3, 0.4) is 0 Å². The van der Waals surface area contributed by atoms with Gasteiger partial charge in [0.05, 0.1) is 6.61 Å². The summed E-state index contributed by atoms with van der Waals surface area (Å²) in [6.45, 7) is 5.54. The van der Waals surface area contributed by atoms with Crippen molar-refractivity contribution in [3.63, 3.8) is 0 Å². The summed E-state index contributed by atoms with van der Waals surface area (Å²) in [7, 11) is -3.51. The molecule has 1 aromatic heterocycles. The summed E-state index contributed by atoms with van der Waals surface area (Å²) < 4.78 is 26.4. The van der Waals surface area contributed by atoms with Gasteiger partial charge in [-0.25, -0.2) is 13.4 Å². The fourth-order valence-corrected chi connectivity index (χ4v) is 3.63. The second kappa shape index (κ2) is 6.62. The molecule has 7 heteroatoms. The van der Waals surface area contributed by atoms with E-state index in [4.69, 9.17) is 5.11 Å². The molecule has 0 aliphatic carbocycles. The number of rotatable bonds is 5. The molecule has 0 amide bonds. The topological polar surface area (TPSA) is 73.7 Å². The Labute approximate surface area is 120 Å². The Morgan fingerprint density at radius 3 is 2.45 bits per heavy atom. The molecule has 20 heavy (non-hydrogen) atoms. The van der Waals surface area contributed by atoms with Crippen LogP contribution < -0.4 is 0 Å². The van der Waals surface area contributed by atoms with Crippen molar-refractivity contribution in [2.24, 2.45) is 0 Å². The van der Waals surface area contributed by atoms with E-state index in [9.17, 15) is 8.42 Å². The summed E-state index contributed by atoms with van der Waals surface area (Å²) in [6, 6.07) is 3.05. The molecule has 0 aromatic carbocycles. The highest BCUT2D eigenvalue weighted by atomic mass is 32.2. The maximum atomic E-state index is 12.4. The highest BCUT2D eigenvalue weighted by molar-refractivity contribution is 7.89. The van der Waals surface area contributed by atoms with Gasteiger partial charge >= 0.3 is 0 Å². The molecule has 0 atom stereocenters. The van der Waals surface area contributed by atoms with Gasteiger partial charge in [0.2, 0.25) is 0 Å². The quantitative estimate of drug-likeness (QED) is 0.846. The first-order valence-corrected chi connectivity index (χ1v) is 8.30. The van der Waals surface area contributed by atoms with Crippen LogP contribution in [0.15, 0.2) is 23.4 Å². The summed E-state index contributed by atoms with van der Waals surface area (Å²) in [4.78, 5) is 6.22. The molecule has 0 radical (unpaired) electrons. The van der Waals surface area contributed by atoms with Crippen molar-refractivity contribution in [3.8, 4) is 0 Å². The summed E-state index contributed by atoms with van der Waals surface area (Å²) in [5.74, 6) is 0. The predicted octanol–water partition coefficient (Wildman–Crippen LogP) is 0.290. The van der Waals surface area contributed by atoms with Gasteiger partial charge in [-0.15, -0.1) is 0 Å². The minimum atomic E-state index is -3.51. The van der Waals surface area contributed by atoms with Crippen molar-refractivity contribution in [3.05, 3.63) is 23.9 Å². The van der Waals surface area contributed by atoms with Gasteiger partial charge in [0.25, 0.3) is 10.0 Å². The van der Waals surface area contributed by atoms with Crippen molar-refractivity contribution in [1.82, 2.24) is 14.2 Å². The Kier molecular flexibility index (Phi) is 5.09. The number of sulfonamides is 1. The van der Waals surface area contributed by atoms with Crippen LogP contribution in [0.5, 0.6) is 0 Å². The van der Waals surface area contributed by atoms with Gasteiger partial charge < -0.3 is 10.0 Å². The molecule has 6 nitrogen and oxygen atoms in total. The van der Waals surface area contributed by atoms with Crippen LogP contribution in [-0.2, 0) is 16.6 Å². The van der Waals surface area contributed by atoms with Gasteiger partial charge in [-0.2, -0.15) is 4.31 Å². The van der Waals surface area contributed by atoms with Crippen molar-refractivity contribution >= 4 is 10.0 Å². The molecule has 1 fully saturated rings. The van der Waals surface area contributed by atoms with Crippen LogP contribution in [0.25, 0.3) is 0 Å². The molecule has 2 rings (SSSR count). The zero-order chi connectivity index (χ0) is 14.6. The van der Waals surface area contributed by atoms with Crippen molar-refractivity contribution < 1.29 is 13.5 Å². The number of hydrogen-bond acceptors (Lipinski definition) is 5. The molecule has 112 valence electrons. The zero-order valence-corrected chi connectivity index (χ0v) is 12.5. The van der Waals surface area contributed by atoms with E-state index < -0.39 is 10.0 Å². The van der Waals surface area contributed by atoms with E-state index >= 15 is 0 Å². The molecule has 1 N–H and O–H groups in total. The number of aromatic nitrogens is 1. The molecule has 1 aromatic rings. The Balaban J connectivity index is 2.07. The fraction of sp³-hybridized carbons (Fsp3) is 0.615. The van der Waals surface area contributed by atoms with Gasteiger partial charge in [-0.1, -0.05) is 13.0 Å². The number of pyridine rings is 1. The molecule has 0 spiro atoms. The van der Waals surface area contributed by atoms with Crippen molar-refractivity contribution in [2.75, 3.05) is 32.7 Å². The lowest BCUT2D eigenvalue weighted by molar-refractivity contribution is 0.188. The van der Waals surface area contributed by atoms with Crippen LogP contribution in [0.4, 0.5) is 0 Å². The van der Waals surface area contributed by atoms with Crippen LogP contribution in [0.2, 0.25) is 0 Å². The molecule has 1 saturated heterocycles. The van der Waals surface area contributed by atoms with Crippen LogP contribution >= 0.6 is 0 Å². The molecule has 0 bridgehead atoms. The third-order valence-corrected chi connectivity index (χ3v) is 5.27. The standard InChI is InChI=1S/C13H21N3O3S/c1-2-5-15-6-8-16(9-7-15)20(18,19)13-4-3-12(11-17)10-14-13/h3-4,10,17H,2,5-9,11H2,1H3. The first-order chi connectivity index (χ1) is 9.57. The van der Waals surface area contributed by atoms with E-state index in [1.165, 1.54) is 16.6 Å². The number of nitrogens with zero attached hydrogens (tertiary/aromatic N) is 3. The van der Waals surface area contributed by atoms with Gasteiger partial charge in [-0.05, 0) is 24.6 Å². The molecule has 0 unspecified atom stereocenters. The maximum Gasteiger partial charge on any atom is 0.260 e. The Morgan fingerprint density at radius 2 is 1.95 bits per heavy atom. The highest BCUT2D eigenvalue weighted by Gasteiger charge is 2.29. The molecule has 1 aliphatic heterocycles. The predicted molar refractivity (Wildman–Crippen MR) is 75.6 cm³/mol. The number of aliphatic hydroxyl groups is 1. The van der Waals surface area contributed by atoms with Crippen molar-refractivity contribution in [2.45, 2.75) is 25.0 Å². The Bertz CT molecular complexity index is 522. The van der Waals surface area contributed by atoms with Crippen molar-refractivity contribution in [1.29, 1.82) is 0 Å². The minimum absolute atomic E-state index is 0.0543. The van der Waals surface area contributed by atoms with E-state index in [0.29, 0.717) is 18.7 Å². The van der Waals surface area contributed by atoms with E-state index in [0.717, 1.165) is 26.1 Å². The van der Waals surface area contributed by atoms with Gasteiger partial charge in [0.15, 0.2) is 5.03 Å². The minimum Gasteiger partial charge on any atom is -0.392 e. The zero-order valence-electron chi connectivity index (χ0n) is 11.7. The third kappa shape index (κ3) is 3.35. The van der Waals surface area contributed by atoms with Crippen LogP contribution in [-0.4, -0.2) is 60.4 Å². The molecule has 0 saturated carbocycles. The second-order valence-electron chi connectivity index (χ2n) is 4.91. The van der Waals surface area contributed by atoms with Gasteiger partial charge in [0, 0.05) is 32.4 Å². The first kappa shape index (κ1) is 15.4. The van der Waals surface area contributed by atoms with E-state index in [1.807, 2.05) is 0 Å². The fourth-order valence-electron chi connectivity index (χ4n) is 2.30. The first-order valence-electron chi connectivity index (χ1n) is 6.86. The Hall–Kier alpha value is -1.02. The van der Waals surface area contributed by atoms with E-state index in [1.54, 1.807) is 6.07 Å². The highest BCUT2D eigenvalue weighted by Crippen LogP contribution is 2.16. The summed E-state index contributed by atoms with van der Waals surface area (Å²) in [6.07, 6.45) is 2.48. The number of hydrogen-bond donors (Lipinski definition) is 1. The van der Waals surface area contributed by atoms with Crippen LogP contribution in [0, 0.1) is 0 Å². The lowest BCUT2D eigenvalue weighted by Gasteiger charge is -2.33. The van der Waals surface area contributed by atoms with Gasteiger partial charge in [0.1, 0.15) is 0 Å². The normalized spacial score (nSPS) is 18.3.